The lowest BCUT2D eigenvalue weighted by molar-refractivity contribution is -0.178. The Kier molecular flexibility index (Phi) is 4.30. The summed E-state index contributed by atoms with van der Waals surface area (Å²) in [4.78, 5) is 11.7. The molecule has 1 atom stereocenters. The maximum absolute atomic E-state index is 13.7. The molecule has 1 heterocycles. The lowest BCUT2D eigenvalue weighted by Crippen LogP contribution is -2.59. The van der Waals surface area contributed by atoms with Crippen LogP contribution in [-0.4, -0.2) is 12.2 Å². The van der Waals surface area contributed by atoms with Crippen LogP contribution in [0.4, 0.5) is 23.7 Å². The van der Waals surface area contributed by atoms with E-state index in [1.807, 2.05) is 5.32 Å². The highest BCUT2D eigenvalue weighted by molar-refractivity contribution is 6.17. The van der Waals surface area contributed by atoms with Crippen LogP contribution < -0.4 is 10.6 Å². The molecule has 1 aromatic rings. The molecule has 0 radical (unpaired) electrons. The van der Waals surface area contributed by atoms with Crippen LogP contribution in [0.2, 0.25) is 0 Å². The Labute approximate surface area is 131 Å². The van der Waals surface area contributed by atoms with Gasteiger partial charge >= 0.3 is 12.2 Å². The summed E-state index contributed by atoms with van der Waals surface area (Å²) in [6, 6.07) is 3.26. The second-order valence-electron chi connectivity index (χ2n) is 5.26. The van der Waals surface area contributed by atoms with Crippen LogP contribution in [0.15, 0.2) is 18.2 Å². The fraction of sp³-hybridized carbons (Fsp3) is 0.400. The predicted octanol–water partition coefficient (Wildman–Crippen LogP) is 3.98. The van der Waals surface area contributed by atoms with Crippen molar-refractivity contribution in [1.29, 1.82) is 0 Å². The number of nitrogens with one attached hydrogen (secondary N) is 2. The van der Waals surface area contributed by atoms with E-state index in [1.165, 1.54) is 18.2 Å². The van der Waals surface area contributed by atoms with Crippen molar-refractivity contribution in [3.63, 3.8) is 0 Å². The van der Waals surface area contributed by atoms with Crippen molar-refractivity contribution in [2.24, 2.45) is 5.92 Å². The number of amides is 2. The molecule has 1 aliphatic rings. The second-order valence-corrected chi connectivity index (χ2v) is 5.53. The predicted molar refractivity (Wildman–Crippen MR) is 78.5 cm³/mol. The van der Waals surface area contributed by atoms with E-state index in [4.69, 9.17) is 11.6 Å². The van der Waals surface area contributed by atoms with Crippen molar-refractivity contribution in [1.82, 2.24) is 5.32 Å². The highest BCUT2D eigenvalue weighted by Gasteiger charge is 2.59. The van der Waals surface area contributed by atoms with Gasteiger partial charge in [0.1, 0.15) is 0 Å². The molecule has 0 saturated carbocycles. The number of alkyl halides is 4. The van der Waals surface area contributed by atoms with Gasteiger partial charge in [0.2, 0.25) is 5.54 Å². The number of benzene rings is 1. The van der Waals surface area contributed by atoms with Crippen LogP contribution in [0, 0.1) is 17.8 Å². The first-order chi connectivity index (χ1) is 10.2. The molecule has 2 amide bonds. The van der Waals surface area contributed by atoms with E-state index in [2.05, 4.69) is 17.2 Å². The van der Waals surface area contributed by atoms with Crippen LogP contribution in [0.25, 0.3) is 0 Å². The summed E-state index contributed by atoms with van der Waals surface area (Å²) in [6.07, 6.45) is -4.76. The maximum Gasteiger partial charge on any atom is 0.427 e. The molecule has 0 aliphatic carbocycles. The molecule has 2 rings (SSSR count). The SMILES string of the molecule is CC(C)C#CC1(C(F)(F)F)NC(=O)Nc2cc(CCl)ccc21. The molecule has 0 spiro atoms. The number of hydrogen-bond acceptors (Lipinski definition) is 1. The summed E-state index contributed by atoms with van der Waals surface area (Å²) in [5.41, 5.74) is -2.19. The van der Waals surface area contributed by atoms with E-state index >= 15 is 0 Å². The molecule has 0 saturated heterocycles. The van der Waals surface area contributed by atoms with Gasteiger partial charge in [-0.3, -0.25) is 0 Å². The first-order valence-corrected chi connectivity index (χ1v) is 7.11. The zero-order valence-electron chi connectivity index (χ0n) is 11.9. The number of carbonyl (C=O) groups excluding carboxylic acids is 1. The number of fused-ring (bicyclic) bond motifs is 1. The van der Waals surface area contributed by atoms with Crippen LogP contribution in [0.3, 0.4) is 0 Å². The molecule has 2 N–H and O–H groups in total. The van der Waals surface area contributed by atoms with Gasteiger partial charge in [0.15, 0.2) is 0 Å². The Morgan fingerprint density at radius 1 is 1.36 bits per heavy atom. The van der Waals surface area contributed by atoms with Gasteiger partial charge in [-0.2, -0.15) is 13.2 Å². The Morgan fingerprint density at radius 3 is 2.59 bits per heavy atom. The molecule has 118 valence electrons. The molecule has 22 heavy (non-hydrogen) atoms. The molecule has 0 aromatic heterocycles. The van der Waals surface area contributed by atoms with Gasteiger partial charge in [-0.1, -0.05) is 37.8 Å². The van der Waals surface area contributed by atoms with Crippen LogP contribution in [0.5, 0.6) is 0 Å². The quantitative estimate of drug-likeness (QED) is 0.593. The highest BCUT2D eigenvalue weighted by atomic mass is 35.5. The number of carbonyl (C=O) groups is 1. The topological polar surface area (TPSA) is 41.1 Å². The molecule has 1 aromatic carbocycles. The highest BCUT2D eigenvalue weighted by Crippen LogP contribution is 2.44. The Hall–Kier alpha value is -1.87. The zero-order chi connectivity index (χ0) is 16.5. The van der Waals surface area contributed by atoms with Crippen molar-refractivity contribution in [3.8, 4) is 11.8 Å². The first kappa shape index (κ1) is 16.5. The van der Waals surface area contributed by atoms with Crippen molar-refractivity contribution in [2.45, 2.75) is 31.4 Å². The summed E-state index contributed by atoms with van der Waals surface area (Å²) in [7, 11) is 0. The van der Waals surface area contributed by atoms with E-state index in [0.717, 1.165) is 0 Å². The van der Waals surface area contributed by atoms with E-state index in [1.54, 1.807) is 13.8 Å². The Morgan fingerprint density at radius 2 is 2.05 bits per heavy atom. The maximum atomic E-state index is 13.7. The molecule has 7 heteroatoms. The molecule has 3 nitrogen and oxygen atoms in total. The van der Waals surface area contributed by atoms with Gasteiger partial charge in [-0.25, -0.2) is 4.79 Å². The number of halogens is 4. The molecular weight excluding hydrogens is 317 g/mol. The molecule has 1 aliphatic heterocycles. The van der Waals surface area contributed by atoms with Crippen LogP contribution >= 0.6 is 11.6 Å². The van der Waals surface area contributed by atoms with Crippen molar-refractivity contribution < 1.29 is 18.0 Å². The van der Waals surface area contributed by atoms with Gasteiger partial charge in [-0.15, -0.1) is 11.6 Å². The van der Waals surface area contributed by atoms with Gasteiger partial charge in [-0.05, 0) is 11.6 Å². The number of hydrogen-bond donors (Lipinski definition) is 2. The molecule has 1 unspecified atom stereocenters. The normalized spacial score (nSPS) is 20.6. The lowest BCUT2D eigenvalue weighted by Gasteiger charge is -2.37. The van der Waals surface area contributed by atoms with Gasteiger partial charge in [0, 0.05) is 23.0 Å². The third kappa shape index (κ3) is 2.86. The third-order valence-corrected chi connectivity index (χ3v) is 3.47. The summed E-state index contributed by atoms with van der Waals surface area (Å²) in [6.45, 7) is 3.36. The average Bonchev–Trinajstić information content (AvgIpc) is 2.42. The summed E-state index contributed by atoms with van der Waals surface area (Å²) in [5.74, 6) is 4.60. The fourth-order valence-electron chi connectivity index (χ4n) is 2.14. The van der Waals surface area contributed by atoms with Gasteiger partial charge in [0.05, 0.1) is 0 Å². The number of anilines is 1. The first-order valence-electron chi connectivity index (χ1n) is 6.57. The van der Waals surface area contributed by atoms with E-state index in [9.17, 15) is 18.0 Å². The van der Waals surface area contributed by atoms with E-state index in [-0.39, 0.29) is 23.0 Å². The third-order valence-electron chi connectivity index (χ3n) is 3.17. The Bertz CT molecular complexity index is 661. The number of urea groups is 1. The minimum atomic E-state index is -4.76. The second kappa shape index (κ2) is 5.73. The van der Waals surface area contributed by atoms with Crippen LogP contribution in [0.1, 0.15) is 25.0 Å². The minimum Gasteiger partial charge on any atom is -0.310 e. The standard InChI is InChI=1S/C15H14ClF3N2O/c1-9(2)5-6-14(15(17,18)19)11-4-3-10(8-16)7-12(11)20-13(22)21-14/h3-4,7,9H,8H2,1-2H3,(H2,20,21,22). The van der Waals surface area contributed by atoms with Crippen molar-refractivity contribution in [2.75, 3.05) is 5.32 Å². The van der Waals surface area contributed by atoms with Crippen molar-refractivity contribution in [3.05, 3.63) is 29.3 Å². The van der Waals surface area contributed by atoms with E-state index in [0.29, 0.717) is 5.56 Å². The average molecular weight is 331 g/mol. The number of rotatable bonds is 1. The fourth-order valence-corrected chi connectivity index (χ4v) is 2.31. The summed E-state index contributed by atoms with van der Waals surface area (Å²) in [5, 5.41) is 4.31. The van der Waals surface area contributed by atoms with Crippen LogP contribution in [-0.2, 0) is 11.4 Å². The lowest BCUT2D eigenvalue weighted by atomic mass is 9.85. The van der Waals surface area contributed by atoms with Gasteiger partial charge in [0.25, 0.3) is 0 Å². The molecule has 0 fully saturated rings. The van der Waals surface area contributed by atoms with Crippen molar-refractivity contribution >= 4 is 23.3 Å². The van der Waals surface area contributed by atoms with E-state index < -0.39 is 17.7 Å². The smallest absolute Gasteiger partial charge is 0.310 e. The summed E-state index contributed by atoms with van der Waals surface area (Å²) >= 11 is 5.69. The molecular formula is C15H14ClF3N2O. The minimum absolute atomic E-state index is 0.0669. The largest absolute Gasteiger partial charge is 0.427 e. The monoisotopic (exact) mass is 330 g/mol. The molecule has 0 bridgehead atoms. The Balaban J connectivity index is 2.71. The zero-order valence-corrected chi connectivity index (χ0v) is 12.7. The van der Waals surface area contributed by atoms with Gasteiger partial charge < -0.3 is 10.6 Å². The summed E-state index contributed by atoms with van der Waals surface area (Å²) < 4.78 is 41.1.